The molecule has 0 atom stereocenters. The fraction of sp³-hybridized carbons (Fsp3) is 0.294. The summed E-state index contributed by atoms with van der Waals surface area (Å²) < 4.78 is 5.10. The van der Waals surface area contributed by atoms with Gasteiger partial charge in [0.2, 0.25) is 0 Å². The van der Waals surface area contributed by atoms with Gasteiger partial charge in [-0.2, -0.15) is 5.26 Å². The summed E-state index contributed by atoms with van der Waals surface area (Å²) in [7, 11) is 0. The van der Waals surface area contributed by atoms with E-state index < -0.39 is 5.97 Å². The molecule has 3 aromatic heterocycles. The number of anilines is 1. The Morgan fingerprint density at radius 3 is 2.85 bits per heavy atom. The summed E-state index contributed by atoms with van der Waals surface area (Å²) >= 11 is 4.20. The molecule has 9 heteroatoms. The number of thiophene rings is 2. The van der Waals surface area contributed by atoms with Crippen LogP contribution in [0.15, 0.2) is 11.4 Å². The molecular weight excluding hydrogens is 388 g/mol. The third-order valence-electron chi connectivity index (χ3n) is 3.89. The molecule has 0 fully saturated rings. The van der Waals surface area contributed by atoms with Crippen molar-refractivity contribution in [1.29, 1.82) is 5.26 Å². The maximum atomic E-state index is 12.2. The van der Waals surface area contributed by atoms with E-state index in [1.807, 2.05) is 0 Å². The number of nitrogen functional groups attached to an aromatic ring is 1. The Balaban J connectivity index is 1.98. The average Bonchev–Trinajstić information content (AvgIpc) is 3.10. The second-order valence-electron chi connectivity index (χ2n) is 5.41. The third-order valence-corrected chi connectivity index (χ3v) is 7.06. The number of ether oxygens (including phenoxy) is 1. The summed E-state index contributed by atoms with van der Waals surface area (Å²) in [5.74, 6) is -0.0396. The number of carbonyl (C=O) groups is 1. The highest BCUT2D eigenvalue weighted by molar-refractivity contribution is 7.98. The second-order valence-corrected chi connectivity index (χ2v) is 8.63. The highest BCUT2D eigenvalue weighted by Crippen LogP contribution is 2.39. The molecule has 0 aliphatic heterocycles. The van der Waals surface area contributed by atoms with Crippen LogP contribution in [-0.4, -0.2) is 22.5 Å². The quantitative estimate of drug-likeness (QED) is 0.384. The van der Waals surface area contributed by atoms with Crippen LogP contribution < -0.4 is 5.73 Å². The van der Waals surface area contributed by atoms with Gasteiger partial charge in [0, 0.05) is 21.6 Å². The maximum Gasteiger partial charge on any atom is 0.348 e. The van der Waals surface area contributed by atoms with Crippen LogP contribution in [0.3, 0.4) is 0 Å². The standard InChI is InChI=1S/C17H16N4O2S3/c1-4-23-17(22)13-11(10(5-18)14(19)26-13)6-24-15-12-8(2)9(3)25-16(12)21-7-20-15/h7H,4,6,19H2,1-3H3. The molecule has 0 saturated heterocycles. The molecule has 0 radical (unpaired) electrons. The summed E-state index contributed by atoms with van der Waals surface area (Å²) in [6, 6.07) is 2.10. The number of rotatable bonds is 5. The van der Waals surface area contributed by atoms with Crippen LogP contribution in [0.5, 0.6) is 0 Å². The van der Waals surface area contributed by atoms with E-state index in [4.69, 9.17) is 10.5 Å². The van der Waals surface area contributed by atoms with E-state index in [0.717, 1.165) is 32.1 Å². The SMILES string of the molecule is CCOC(=O)c1sc(N)c(C#N)c1CSc1ncnc2sc(C)c(C)c12. The minimum Gasteiger partial charge on any atom is -0.462 e. The van der Waals surface area contributed by atoms with Crippen LogP contribution >= 0.6 is 34.4 Å². The van der Waals surface area contributed by atoms with Crippen molar-refractivity contribution in [3.05, 3.63) is 32.8 Å². The van der Waals surface area contributed by atoms with Crippen LogP contribution in [0, 0.1) is 25.2 Å². The molecule has 0 unspecified atom stereocenters. The lowest BCUT2D eigenvalue weighted by molar-refractivity contribution is 0.0531. The number of fused-ring (bicyclic) bond motifs is 1. The first-order valence-corrected chi connectivity index (χ1v) is 10.4. The lowest BCUT2D eigenvalue weighted by atomic mass is 10.2. The minimum absolute atomic E-state index is 0.269. The summed E-state index contributed by atoms with van der Waals surface area (Å²) in [5.41, 5.74) is 8.03. The summed E-state index contributed by atoms with van der Waals surface area (Å²) in [4.78, 5) is 23.5. The second kappa shape index (κ2) is 7.61. The zero-order valence-corrected chi connectivity index (χ0v) is 16.9. The first-order chi connectivity index (χ1) is 12.5. The van der Waals surface area contributed by atoms with Crippen LogP contribution in [0.1, 0.15) is 38.2 Å². The molecule has 26 heavy (non-hydrogen) atoms. The van der Waals surface area contributed by atoms with Gasteiger partial charge >= 0.3 is 5.97 Å². The van der Waals surface area contributed by atoms with Crippen molar-refractivity contribution in [2.75, 3.05) is 12.3 Å². The number of nitriles is 1. The van der Waals surface area contributed by atoms with Crippen molar-refractivity contribution in [3.63, 3.8) is 0 Å². The Morgan fingerprint density at radius 1 is 1.38 bits per heavy atom. The number of aromatic nitrogens is 2. The number of hydrogen-bond donors (Lipinski definition) is 1. The summed E-state index contributed by atoms with van der Waals surface area (Å²) in [5, 5.41) is 11.6. The van der Waals surface area contributed by atoms with Crippen molar-refractivity contribution < 1.29 is 9.53 Å². The zero-order chi connectivity index (χ0) is 18.8. The number of nitrogens with zero attached hydrogens (tertiary/aromatic N) is 3. The van der Waals surface area contributed by atoms with Gasteiger partial charge in [0.05, 0.1) is 12.2 Å². The van der Waals surface area contributed by atoms with Crippen molar-refractivity contribution >= 4 is 55.6 Å². The molecule has 0 saturated carbocycles. The molecule has 0 aliphatic carbocycles. The number of hydrogen-bond acceptors (Lipinski definition) is 9. The topological polar surface area (TPSA) is 102 Å². The molecule has 134 valence electrons. The Bertz CT molecular complexity index is 1030. The number of nitrogens with two attached hydrogens (primary N) is 1. The van der Waals surface area contributed by atoms with Crippen LogP contribution in [0.25, 0.3) is 10.2 Å². The molecule has 3 aromatic rings. The van der Waals surface area contributed by atoms with Crippen molar-refractivity contribution in [2.24, 2.45) is 0 Å². The molecule has 3 rings (SSSR count). The molecule has 0 amide bonds. The molecule has 6 nitrogen and oxygen atoms in total. The predicted molar refractivity (Wildman–Crippen MR) is 106 cm³/mol. The summed E-state index contributed by atoms with van der Waals surface area (Å²) in [6.45, 7) is 6.12. The van der Waals surface area contributed by atoms with Gasteiger partial charge in [-0.3, -0.25) is 0 Å². The largest absolute Gasteiger partial charge is 0.462 e. The lowest BCUT2D eigenvalue weighted by Gasteiger charge is -2.06. The normalized spacial score (nSPS) is 10.8. The number of esters is 1. The Hall–Kier alpha value is -2.15. The molecule has 0 aromatic carbocycles. The fourth-order valence-corrected chi connectivity index (χ4v) is 5.68. The molecule has 0 spiro atoms. The monoisotopic (exact) mass is 404 g/mol. The van der Waals surface area contributed by atoms with Gasteiger partial charge < -0.3 is 10.5 Å². The first kappa shape index (κ1) is 18.6. The zero-order valence-electron chi connectivity index (χ0n) is 14.5. The molecule has 2 N–H and O–H groups in total. The van der Waals surface area contributed by atoms with Gasteiger partial charge in [0.1, 0.15) is 32.1 Å². The lowest BCUT2D eigenvalue weighted by Crippen LogP contribution is -2.05. The van der Waals surface area contributed by atoms with E-state index in [9.17, 15) is 10.1 Å². The maximum absolute atomic E-state index is 12.2. The smallest absolute Gasteiger partial charge is 0.348 e. The van der Waals surface area contributed by atoms with Gasteiger partial charge in [-0.1, -0.05) is 0 Å². The van der Waals surface area contributed by atoms with Gasteiger partial charge in [-0.05, 0) is 26.3 Å². The van der Waals surface area contributed by atoms with Gasteiger partial charge in [-0.15, -0.1) is 34.4 Å². The van der Waals surface area contributed by atoms with Crippen LogP contribution in [0.4, 0.5) is 5.00 Å². The Kier molecular flexibility index (Phi) is 5.46. The van der Waals surface area contributed by atoms with Gasteiger partial charge in [-0.25, -0.2) is 14.8 Å². The number of carbonyl (C=O) groups excluding carboxylic acids is 1. The van der Waals surface area contributed by atoms with E-state index in [0.29, 0.717) is 26.8 Å². The highest BCUT2D eigenvalue weighted by atomic mass is 32.2. The van der Waals surface area contributed by atoms with Crippen LogP contribution in [0.2, 0.25) is 0 Å². The molecule has 0 bridgehead atoms. The Labute approximate surface area is 163 Å². The molecule has 0 aliphatic rings. The number of aryl methyl sites for hydroxylation is 2. The first-order valence-electron chi connectivity index (χ1n) is 7.79. The van der Waals surface area contributed by atoms with E-state index in [2.05, 4.69) is 29.9 Å². The van der Waals surface area contributed by atoms with E-state index >= 15 is 0 Å². The van der Waals surface area contributed by atoms with Gasteiger partial charge in [0.25, 0.3) is 0 Å². The van der Waals surface area contributed by atoms with Crippen molar-refractivity contribution in [2.45, 2.75) is 31.6 Å². The van der Waals surface area contributed by atoms with Crippen LogP contribution in [-0.2, 0) is 10.5 Å². The van der Waals surface area contributed by atoms with Crippen molar-refractivity contribution in [3.8, 4) is 6.07 Å². The fourth-order valence-electron chi connectivity index (χ4n) is 2.51. The third kappa shape index (κ3) is 3.28. The van der Waals surface area contributed by atoms with E-state index in [1.165, 1.54) is 16.6 Å². The Morgan fingerprint density at radius 2 is 2.15 bits per heavy atom. The predicted octanol–water partition coefficient (Wildman–Crippen LogP) is 4.29. The average molecular weight is 405 g/mol. The molecular formula is C17H16N4O2S3. The van der Waals surface area contributed by atoms with Gasteiger partial charge in [0.15, 0.2) is 0 Å². The highest BCUT2D eigenvalue weighted by Gasteiger charge is 2.23. The van der Waals surface area contributed by atoms with E-state index in [-0.39, 0.29) is 6.61 Å². The summed E-state index contributed by atoms with van der Waals surface area (Å²) in [6.07, 6.45) is 1.54. The number of thioether (sulfide) groups is 1. The van der Waals surface area contributed by atoms with E-state index in [1.54, 1.807) is 24.6 Å². The van der Waals surface area contributed by atoms with Crippen molar-refractivity contribution in [1.82, 2.24) is 9.97 Å². The molecule has 3 heterocycles. The minimum atomic E-state index is -0.448.